The van der Waals surface area contributed by atoms with Gasteiger partial charge in [-0.15, -0.1) is 0 Å². The van der Waals surface area contributed by atoms with E-state index in [-0.39, 0.29) is 0 Å². The second-order valence-corrected chi connectivity index (χ2v) is 3.38. The first-order valence-corrected chi connectivity index (χ1v) is 4.73. The summed E-state index contributed by atoms with van der Waals surface area (Å²) >= 11 is 0. The van der Waals surface area contributed by atoms with Gasteiger partial charge in [-0.1, -0.05) is 0 Å². The maximum absolute atomic E-state index is 4.25. The van der Waals surface area contributed by atoms with Crippen molar-refractivity contribution in [3.05, 3.63) is 36.2 Å². The normalized spacial score (nSPS) is 10.7. The van der Waals surface area contributed by atoms with E-state index >= 15 is 0 Å². The van der Waals surface area contributed by atoms with Gasteiger partial charge in [0.2, 0.25) is 0 Å². The minimum absolute atomic E-state index is 0.893. The standard InChI is InChI=1S/C10H14N4/c1-9-10(2)13(8-11-9)6-7-14-5-3-4-12-14/h3-5,8H,6-7H2,1-2H3. The van der Waals surface area contributed by atoms with Crippen molar-refractivity contribution in [2.75, 3.05) is 0 Å². The van der Waals surface area contributed by atoms with Crippen LogP contribution >= 0.6 is 0 Å². The van der Waals surface area contributed by atoms with Gasteiger partial charge in [0.15, 0.2) is 0 Å². The van der Waals surface area contributed by atoms with Gasteiger partial charge in [0, 0.05) is 24.6 Å². The molecule has 0 atom stereocenters. The third kappa shape index (κ3) is 1.69. The Morgan fingerprint density at radius 3 is 2.71 bits per heavy atom. The van der Waals surface area contributed by atoms with Gasteiger partial charge in [-0.3, -0.25) is 4.68 Å². The first-order valence-electron chi connectivity index (χ1n) is 4.73. The maximum atomic E-state index is 4.25. The predicted octanol–water partition coefficient (Wildman–Crippen LogP) is 1.40. The summed E-state index contributed by atoms with van der Waals surface area (Å²) in [5, 5.41) is 4.15. The van der Waals surface area contributed by atoms with E-state index in [1.54, 1.807) is 6.20 Å². The summed E-state index contributed by atoms with van der Waals surface area (Å²) in [6, 6.07) is 1.94. The number of imidazole rings is 1. The first kappa shape index (κ1) is 8.99. The molecular formula is C10H14N4. The molecule has 14 heavy (non-hydrogen) atoms. The van der Waals surface area contributed by atoms with Crippen molar-refractivity contribution in [3.8, 4) is 0 Å². The highest BCUT2D eigenvalue weighted by Crippen LogP contribution is 2.04. The van der Waals surface area contributed by atoms with Gasteiger partial charge in [-0.25, -0.2) is 4.98 Å². The van der Waals surface area contributed by atoms with Gasteiger partial charge in [0.05, 0.1) is 18.6 Å². The molecule has 0 aliphatic heterocycles. The molecule has 0 unspecified atom stereocenters. The smallest absolute Gasteiger partial charge is 0.0952 e. The van der Waals surface area contributed by atoms with E-state index in [1.165, 1.54) is 5.69 Å². The van der Waals surface area contributed by atoms with Crippen molar-refractivity contribution >= 4 is 0 Å². The molecule has 4 heteroatoms. The van der Waals surface area contributed by atoms with E-state index < -0.39 is 0 Å². The molecule has 0 bridgehead atoms. The fourth-order valence-corrected chi connectivity index (χ4v) is 1.41. The van der Waals surface area contributed by atoms with Crippen LogP contribution in [0.4, 0.5) is 0 Å². The minimum Gasteiger partial charge on any atom is -0.333 e. The van der Waals surface area contributed by atoms with Crippen LogP contribution in [0.15, 0.2) is 24.8 Å². The van der Waals surface area contributed by atoms with Crippen molar-refractivity contribution in [1.29, 1.82) is 0 Å². The highest BCUT2D eigenvalue weighted by atomic mass is 15.3. The quantitative estimate of drug-likeness (QED) is 0.733. The summed E-state index contributed by atoms with van der Waals surface area (Å²) < 4.78 is 4.08. The van der Waals surface area contributed by atoms with Gasteiger partial charge >= 0.3 is 0 Å². The van der Waals surface area contributed by atoms with Crippen molar-refractivity contribution in [2.24, 2.45) is 0 Å². The molecule has 0 N–H and O–H groups in total. The number of aromatic nitrogens is 4. The lowest BCUT2D eigenvalue weighted by Crippen LogP contribution is -2.08. The summed E-state index contributed by atoms with van der Waals surface area (Å²) in [5.74, 6) is 0. The molecule has 0 saturated carbocycles. The van der Waals surface area contributed by atoms with E-state index in [0.29, 0.717) is 0 Å². The maximum Gasteiger partial charge on any atom is 0.0952 e. The fourth-order valence-electron chi connectivity index (χ4n) is 1.41. The summed E-state index contributed by atoms with van der Waals surface area (Å²) in [6.45, 7) is 5.93. The van der Waals surface area contributed by atoms with Gasteiger partial charge in [0.25, 0.3) is 0 Å². The second-order valence-electron chi connectivity index (χ2n) is 3.38. The Morgan fingerprint density at radius 2 is 2.14 bits per heavy atom. The predicted molar refractivity (Wildman–Crippen MR) is 53.9 cm³/mol. The summed E-state index contributed by atoms with van der Waals surface area (Å²) in [7, 11) is 0. The van der Waals surface area contributed by atoms with Gasteiger partial charge in [0.1, 0.15) is 0 Å². The summed E-state index contributed by atoms with van der Waals surface area (Å²) in [5.41, 5.74) is 2.34. The molecule has 0 aliphatic carbocycles. The van der Waals surface area contributed by atoms with Gasteiger partial charge in [-0.05, 0) is 19.9 Å². The zero-order valence-electron chi connectivity index (χ0n) is 8.51. The average Bonchev–Trinajstić information content (AvgIpc) is 2.77. The van der Waals surface area contributed by atoms with Crippen molar-refractivity contribution < 1.29 is 0 Å². The van der Waals surface area contributed by atoms with Crippen LogP contribution in [-0.2, 0) is 13.1 Å². The van der Waals surface area contributed by atoms with E-state index in [9.17, 15) is 0 Å². The average molecular weight is 190 g/mol. The second kappa shape index (κ2) is 3.65. The van der Waals surface area contributed by atoms with E-state index in [2.05, 4.69) is 21.6 Å². The lowest BCUT2D eigenvalue weighted by atomic mass is 10.4. The van der Waals surface area contributed by atoms with Crippen LogP contribution in [0.3, 0.4) is 0 Å². The van der Waals surface area contributed by atoms with Crippen LogP contribution in [0.25, 0.3) is 0 Å². The van der Waals surface area contributed by atoms with Crippen molar-refractivity contribution in [2.45, 2.75) is 26.9 Å². The fraction of sp³-hybridized carbons (Fsp3) is 0.400. The Kier molecular flexibility index (Phi) is 2.35. The largest absolute Gasteiger partial charge is 0.333 e. The molecule has 0 fully saturated rings. The number of rotatable bonds is 3. The third-order valence-electron chi connectivity index (χ3n) is 2.47. The van der Waals surface area contributed by atoms with Gasteiger partial charge < -0.3 is 4.57 Å². The Balaban J connectivity index is 2.02. The van der Waals surface area contributed by atoms with Crippen LogP contribution < -0.4 is 0 Å². The highest BCUT2D eigenvalue weighted by Gasteiger charge is 2.01. The molecule has 0 radical (unpaired) electrons. The summed E-state index contributed by atoms with van der Waals surface area (Å²) in [6.07, 6.45) is 5.65. The van der Waals surface area contributed by atoms with Gasteiger partial charge in [-0.2, -0.15) is 5.10 Å². The number of hydrogen-bond donors (Lipinski definition) is 0. The van der Waals surface area contributed by atoms with Crippen LogP contribution in [0.5, 0.6) is 0 Å². The Labute approximate surface area is 83.2 Å². The Bertz CT molecular complexity index is 400. The monoisotopic (exact) mass is 190 g/mol. The van der Waals surface area contributed by atoms with E-state index in [0.717, 1.165) is 18.8 Å². The number of hydrogen-bond acceptors (Lipinski definition) is 2. The molecule has 0 saturated heterocycles. The molecule has 2 heterocycles. The minimum atomic E-state index is 0.893. The molecule has 0 spiro atoms. The summed E-state index contributed by atoms with van der Waals surface area (Å²) in [4.78, 5) is 4.25. The van der Waals surface area contributed by atoms with Crippen LogP contribution in [0.2, 0.25) is 0 Å². The molecule has 4 nitrogen and oxygen atoms in total. The molecular weight excluding hydrogens is 176 g/mol. The molecule has 2 aromatic rings. The zero-order valence-corrected chi connectivity index (χ0v) is 8.51. The molecule has 74 valence electrons. The molecule has 2 rings (SSSR count). The van der Waals surface area contributed by atoms with Crippen molar-refractivity contribution in [1.82, 2.24) is 19.3 Å². The SMILES string of the molecule is Cc1ncn(CCn2cccn2)c1C. The lowest BCUT2D eigenvalue weighted by molar-refractivity contribution is 0.527. The molecule has 0 aliphatic rings. The highest BCUT2D eigenvalue weighted by molar-refractivity contribution is 5.08. The topological polar surface area (TPSA) is 35.6 Å². The third-order valence-corrected chi connectivity index (χ3v) is 2.47. The number of aryl methyl sites for hydroxylation is 3. The van der Waals surface area contributed by atoms with Crippen molar-refractivity contribution in [3.63, 3.8) is 0 Å². The zero-order chi connectivity index (χ0) is 9.97. The lowest BCUT2D eigenvalue weighted by Gasteiger charge is -2.05. The van der Waals surface area contributed by atoms with Crippen LogP contribution in [0, 0.1) is 13.8 Å². The number of nitrogens with zero attached hydrogens (tertiary/aromatic N) is 4. The van der Waals surface area contributed by atoms with E-state index in [1.807, 2.05) is 30.2 Å². The Morgan fingerprint density at radius 1 is 1.29 bits per heavy atom. The van der Waals surface area contributed by atoms with E-state index in [4.69, 9.17) is 0 Å². The molecule has 2 aromatic heterocycles. The van der Waals surface area contributed by atoms with Crippen LogP contribution in [0.1, 0.15) is 11.4 Å². The first-order chi connectivity index (χ1) is 6.77. The Hall–Kier alpha value is -1.58. The van der Waals surface area contributed by atoms with Crippen LogP contribution in [-0.4, -0.2) is 19.3 Å². The molecule has 0 amide bonds. The molecule has 0 aromatic carbocycles.